The lowest BCUT2D eigenvalue weighted by Crippen LogP contribution is -2.31. The first-order valence-corrected chi connectivity index (χ1v) is 6.08. The fraction of sp³-hybridized carbons (Fsp3) is 0.600. The zero-order chi connectivity index (χ0) is 12.0. The predicted octanol–water partition coefficient (Wildman–Crippen LogP) is -0.316. The summed E-state index contributed by atoms with van der Waals surface area (Å²) in [7, 11) is 0. The van der Waals surface area contributed by atoms with Gasteiger partial charge < -0.3 is 16.2 Å². The van der Waals surface area contributed by atoms with Gasteiger partial charge in [0.1, 0.15) is 0 Å². The SMILES string of the molecule is CC(O)CNC(=O)Cc1csc(CCN)n1. The Morgan fingerprint density at radius 2 is 2.50 bits per heavy atom. The molecule has 1 atom stereocenters. The monoisotopic (exact) mass is 243 g/mol. The van der Waals surface area contributed by atoms with E-state index in [1.165, 1.54) is 11.3 Å². The first kappa shape index (κ1) is 13.1. The van der Waals surface area contributed by atoms with Crippen LogP contribution in [0.15, 0.2) is 5.38 Å². The number of carbonyl (C=O) groups excluding carboxylic acids is 1. The summed E-state index contributed by atoms with van der Waals surface area (Å²) >= 11 is 1.52. The van der Waals surface area contributed by atoms with Crippen molar-refractivity contribution in [3.05, 3.63) is 16.1 Å². The standard InChI is InChI=1S/C10H17N3O2S/c1-7(14)5-12-9(15)4-8-6-16-10(13-8)2-3-11/h6-7,14H,2-5,11H2,1H3,(H,12,15). The molecule has 16 heavy (non-hydrogen) atoms. The maximum Gasteiger partial charge on any atom is 0.226 e. The Balaban J connectivity index is 2.37. The van der Waals surface area contributed by atoms with Crippen molar-refractivity contribution in [3.63, 3.8) is 0 Å². The van der Waals surface area contributed by atoms with Crippen LogP contribution in [0.4, 0.5) is 0 Å². The van der Waals surface area contributed by atoms with Crippen LogP contribution in [0, 0.1) is 0 Å². The van der Waals surface area contributed by atoms with Gasteiger partial charge in [0, 0.05) is 18.3 Å². The number of aliphatic hydroxyl groups excluding tert-OH is 1. The van der Waals surface area contributed by atoms with Gasteiger partial charge in [-0.05, 0) is 13.5 Å². The molecule has 6 heteroatoms. The molecular formula is C10H17N3O2S. The number of amides is 1. The number of hydrogen-bond donors (Lipinski definition) is 3. The Kier molecular flexibility index (Phi) is 5.37. The molecule has 1 amide bonds. The lowest BCUT2D eigenvalue weighted by Gasteiger charge is -2.05. The van der Waals surface area contributed by atoms with E-state index in [0.717, 1.165) is 17.1 Å². The summed E-state index contributed by atoms with van der Waals surface area (Å²) in [5.74, 6) is -0.120. The van der Waals surface area contributed by atoms with E-state index in [4.69, 9.17) is 10.8 Å². The van der Waals surface area contributed by atoms with Gasteiger partial charge in [0.15, 0.2) is 0 Å². The molecule has 0 saturated heterocycles. The summed E-state index contributed by atoms with van der Waals surface area (Å²) in [6, 6.07) is 0. The van der Waals surface area contributed by atoms with Gasteiger partial charge in [-0.3, -0.25) is 4.79 Å². The second-order valence-corrected chi connectivity index (χ2v) is 4.54. The number of thiazole rings is 1. The smallest absolute Gasteiger partial charge is 0.226 e. The Hall–Kier alpha value is -0.980. The van der Waals surface area contributed by atoms with Crippen LogP contribution < -0.4 is 11.1 Å². The van der Waals surface area contributed by atoms with Crippen molar-refractivity contribution >= 4 is 17.2 Å². The first-order valence-electron chi connectivity index (χ1n) is 5.20. The summed E-state index contributed by atoms with van der Waals surface area (Å²) in [4.78, 5) is 15.7. The molecule has 0 bridgehead atoms. The molecule has 90 valence electrons. The molecule has 5 nitrogen and oxygen atoms in total. The quantitative estimate of drug-likeness (QED) is 0.639. The average molecular weight is 243 g/mol. The summed E-state index contributed by atoms with van der Waals surface area (Å²) in [6.45, 7) is 2.47. The van der Waals surface area contributed by atoms with E-state index < -0.39 is 6.10 Å². The molecule has 1 aromatic rings. The molecule has 0 fully saturated rings. The Morgan fingerprint density at radius 3 is 3.12 bits per heavy atom. The summed E-state index contributed by atoms with van der Waals surface area (Å²) in [5, 5.41) is 14.4. The maximum absolute atomic E-state index is 11.4. The van der Waals surface area contributed by atoms with Crippen molar-refractivity contribution < 1.29 is 9.90 Å². The molecule has 0 radical (unpaired) electrons. The molecule has 0 aromatic carbocycles. The molecule has 0 spiro atoms. The van der Waals surface area contributed by atoms with Gasteiger partial charge in [-0.15, -0.1) is 11.3 Å². The minimum Gasteiger partial charge on any atom is -0.392 e. The number of nitrogens with zero attached hydrogens (tertiary/aromatic N) is 1. The highest BCUT2D eigenvalue weighted by atomic mass is 32.1. The Bertz CT molecular complexity index is 339. The van der Waals surface area contributed by atoms with E-state index in [-0.39, 0.29) is 18.9 Å². The van der Waals surface area contributed by atoms with Crippen molar-refractivity contribution in [3.8, 4) is 0 Å². The van der Waals surface area contributed by atoms with Crippen LogP contribution >= 0.6 is 11.3 Å². The molecule has 1 rings (SSSR count). The van der Waals surface area contributed by atoms with Gasteiger partial charge in [0.25, 0.3) is 0 Å². The molecule has 4 N–H and O–H groups in total. The minimum absolute atomic E-state index is 0.120. The van der Waals surface area contributed by atoms with Crippen molar-refractivity contribution in [1.82, 2.24) is 10.3 Å². The van der Waals surface area contributed by atoms with E-state index in [2.05, 4.69) is 10.3 Å². The van der Waals surface area contributed by atoms with Crippen LogP contribution in [0.1, 0.15) is 17.6 Å². The Labute approximate surface area is 98.7 Å². The summed E-state index contributed by atoms with van der Waals surface area (Å²) in [6.07, 6.45) is 0.487. The fourth-order valence-corrected chi connectivity index (χ4v) is 1.97. The van der Waals surface area contributed by atoms with Gasteiger partial charge in [0.05, 0.1) is 23.2 Å². The van der Waals surface area contributed by atoms with Crippen LogP contribution in [0.25, 0.3) is 0 Å². The third-order valence-electron chi connectivity index (χ3n) is 1.89. The zero-order valence-corrected chi connectivity index (χ0v) is 10.1. The average Bonchev–Trinajstić information content (AvgIpc) is 2.63. The molecular weight excluding hydrogens is 226 g/mol. The number of hydrogen-bond acceptors (Lipinski definition) is 5. The van der Waals surface area contributed by atoms with Gasteiger partial charge >= 0.3 is 0 Å². The van der Waals surface area contributed by atoms with Crippen LogP contribution in [0.2, 0.25) is 0 Å². The highest BCUT2D eigenvalue weighted by Crippen LogP contribution is 2.10. The van der Waals surface area contributed by atoms with Crippen molar-refractivity contribution in [2.75, 3.05) is 13.1 Å². The second kappa shape index (κ2) is 6.57. The van der Waals surface area contributed by atoms with Crippen molar-refractivity contribution in [2.45, 2.75) is 25.9 Å². The van der Waals surface area contributed by atoms with Gasteiger partial charge in [-0.2, -0.15) is 0 Å². The molecule has 1 aromatic heterocycles. The van der Waals surface area contributed by atoms with Crippen LogP contribution in [-0.4, -0.2) is 35.2 Å². The summed E-state index contributed by atoms with van der Waals surface area (Å²) < 4.78 is 0. The molecule has 0 aliphatic carbocycles. The number of aliphatic hydroxyl groups is 1. The first-order chi connectivity index (χ1) is 7.61. The van der Waals surface area contributed by atoms with Crippen molar-refractivity contribution in [2.24, 2.45) is 5.73 Å². The van der Waals surface area contributed by atoms with Gasteiger partial charge in [0.2, 0.25) is 5.91 Å². The molecule has 0 aliphatic rings. The third kappa shape index (κ3) is 4.69. The van der Waals surface area contributed by atoms with E-state index in [1.54, 1.807) is 6.92 Å². The van der Waals surface area contributed by atoms with Crippen LogP contribution in [0.5, 0.6) is 0 Å². The maximum atomic E-state index is 11.4. The van der Waals surface area contributed by atoms with Crippen LogP contribution in [-0.2, 0) is 17.6 Å². The molecule has 1 unspecified atom stereocenters. The summed E-state index contributed by atoms with van der Waals surface area (Å²) in [5.41, 5.74) is 6.17. The predicted molar refractivity (Wildman–Crippen MR) is 63.3 cm³/mol. The number of aromatic nitrogens is 1. The lowest BCUT2D eigenvalue weighted by atomic mass is 10.3. The lowest BCUT2D eigenvalue weighted by molar-refractivity contribution is -0.120. The topological polar surface area (TPSA) is 88.2 Å². The molecule has 0 aliphatic heterocycles. The molecule has 0 saturated carbocycles. The Morgan fingerprint density at radius 1 is 1.75 bits per heavy atom. The number of rotatable bonds is 6. The third-order valence-corrected chi connectivity index (χ3v) is 2.85. The van der Waals surface area contributed by atoms with E-state index >= 15 is 0 Å². The van der Waals surface area contributed by atoms with Gasteiger partial charge in [-0.1, -0.05) is 0 Å². The minimum atomic E-state index is -0.521. The highest BCUT2D eigenvalue weighted by molar-refractivity contribution is 7.09. The van der Waals surface area contributed by atoms with E-state index in [0.29, 0.717) is 6.54 Å². The second-order valence-electron chi connectivity index (χ2n) is 3.60. The number of carbonyl (C=O) groups is 1. The fourth-order valence-electron chi connectivity index (χ4n) is 1.16. The zero-order valence-electron chi connectivity index (χ0n) is 9.27. The van der Waals surface area contributed by atoms with Crippen LogP contribution in [0.3, 0.4) is 0 Å². The normalized spacial score (nSPS) is 12.4. The largest absolute Gasteiger partial charge is 0.392 e. The van der Waals surface area contributed by atoms with Crippen molar-refractivity contribution in [1.29, 1.82) is 0 Å². The van der Waals surface area contributed by atoms with E-state index in [1.807, 2.05) is 5.38 Å². The highest BCUT2D eigenvalue weighted by Gasteiger charge is 2.07. The molecule has 1 heterocycles. The van der Waals surface area contributed by atoms with E-state index in [9.17, 15) is 4.79 Å². The van der Waals surface area contributed by atoms with Gasteiger partial charge in [-0.25, -0.2) is 4.98 Å². The number of nitrogens with one attached hydrogen (secondary N) is 1. The number of nitrogens with two attached hydrogens (primary N) is 1.